The van der Waals surface area contributed by atoms with E-state index in [1.807, 2.05) is 6.92 Å². The first-order valence-corrected chi connectivity index (χ1v) is 23.7. The van der Waals surface area contributed by atoms with Crippen molar-refractivity contribution in [2.24, 2.45) is 29.4 Å². The van der Waals surface area contributed by atoms with Crippen molar-refractivity contribution >= 4 is 65.2 Å². The van der Waals surface area contributed by atoms with Gasteiger partial charge >= 0.3 is 17.9 Å². The van der Waals surface area contributed by atoms with Gasteiger partial charge in [0.25, 0.3) is 0 Å². The first-order chi connectivity index (χ1) is 33.2. The molecule has 0 unspecified atom stereocenters. The number of hydrogen-bond donors (Lipinski definition) is 13. The third-order valence-electron chi connectivity index (χ3n) is 11.9. The van der Waals surface area contributed by atoms with Crippen molar-refractivity contribution in [2.45, 2.75) is 162 Å². The van der Waals surface area contributed by atoms with Crippen LogP contribution in [0.5, 0.6) is 0 Å². The molecule has 0 radical (unpaired) electrons. The molecule has 0 aliphatic rings. The smallest absolute Gasteiger partial charge is 0.326 e. The summed E-state index contributed by atoms with van der Waals surface area (Å²) in [5.74, 6) is -14.2. The molecule has 8 amide bonds. The van der Waals surface area contributed by atoms with Crippen molar-refractivity contribution in [2.75, 3.05) is 6.54 Å². The number of carboxylic acid groups (broad SMARTS) is 3. The molecular formula is C47H75N9O15. The molecule has 0 saturated heterocycles. The van der Waals surface area contributed by atoms with Crippen LogP contribution < -0.4 is 48.3 Å². The van der Waals surface area contributed by atoms with Crippen LogP contribution in [0, 0.1) is 23.7 Å². The molecule has 0 aliphatic carbocycles. The Morgan fingerprint density at radius 3 is 1.39 bits per heavy atom. The molecule has 0 spiro atoms. The number of carbonyl (C=O) groups is 11. The predicted octanol–water partition coefficient (Wildman–Crippen LogP) is -1.33. The van der Waals surface area contributed by atoms with E-state index in [1.165, 1.54) is 13.8 Å². The van der Waals surface area contributed by atoms with Gasteiger partial charge in [-0.2, -0.15) is 0 Å². The van der Waals surface area contributed by atoms with Crippen LogP contribution in [-0.2, 0) is 59.2 Å². The highest BCUT2D eigenvalue weighted by Crippen LogP contribution is 2.14. The van der Waals surface area contributed by atoms with Gasteiger partial charge in [-0.15, -0.1) is 0 Å². The van der Waals surface area contributed by atoms with E-state index in [0.29, 0.717) is 18.4 Å². The largest absolute Gasteiger partial charge is 0.481 e. The van der Waals surface area contributed by atoms with Crippen molar-refractivity contribution in [1.29, 1.82) is 0 Å². The van der Waals surface area contributed by atoms with Crippen LogP contribution >= 0.6 is 0 Å². The topological polar surface area (TPSA) is 391 Å². The zero-order valence-electron chi connectivity index (χ0n) is 41.9. The highest BCUT2D eigenvalue weighted by Gasteiger charge is 2.38. The average Bonchev–Trinajstić information content (AvgIpc) is 3.30. The number of aliphatic hydroxyl groups excluding tert-OH is 1. The second-order valence-corrected chi connectivity index (χ2v) is 18.3. The van der Waals surface area contributed by atoms with Crippen molar-refractivity contribution in [3.63, 3.8) is 0 Å². The van der Waals surface area contributed by atoms with Crippen LogP contribution in [-0.4, -0.2) is 147 Å². The Balaban J connectivity index is 3.26. The minimum absolute atomic E-state index is 0.0637. The van der Waals surface area contributed by atoms with E-state index in [2.05, 4.69) is 42.5 Å². The highest BCUT2D eigenvalue weighted by molar-refractivity contribution is 5.99. The lowest BCUT2D eigenvalue weighted by Crippen LogP contribution is -2.62. The molecule has 0 saturated carbocycles. The van der Waals surface area contributed by atoms with Gasteiger partial charge in [0.1, 0.15) is 42.3 Å². The van der Waals surface area contributed by atoms with Crippen LogP contribution in [0.1, 0.15) is 106 Å². The third-order valence-corrected chi connectivity index (χ3v) is 11.9. The number of aliphatic carboxylic acids is 3. The van der Waals surface area contributed by atoms with Gasteiger partial charge < -0.3 is 68.7 Å². The van der Waals surface area contributed by atoms with Crippen LogP contribution in [0.3, 0.4) is 0 Å². The summed E-state index contributed by atoms with van der Waals surface area (Å²) in [6.07, 6.45) is -2.55. The summed E-state index contributed by atoms with van der Waals surface area (Å²) in [6, 6.07) is -3.45. The molecule has 0 fully saturated rings. The number of nitrogens with one attached hydrogen (secondary N) is 8. The van der Waals surface area contributed by atoms with Crippen LogP contribution in [0.15, 0.2) is 30.3 Å². The second kappa shape index (κ2) is 30.8. The first-order valence-electron chi connectivity index (χ1n) is 23.7. The minimum Gasteiger partial charge on any atom is -0.481 e. The van der Waals surface area contributed by atoms with Gasteiger partial charge in [-0.3, -0.25) is 47.9 Å². The lowest BCUT2D eigenvalue weighted by Gasteiger charge is -2.30. The van der Waals surface area contributed by atoms with Gasteiger partial charge in [0.15, 0.2) is 0 Å². The number of nitrogens with two attached hydrogens (primary N) is 1. The second-order valence-electron chi connectivity index (χ2n) is 18.3. The molecule has 14 N–H and O–H groups in total. The molecule has 398 valence electrons. The first kappa shape index (κ1) is 62.3. The lowest BCUT2D eigenvalue weighted by atomic mass is 9.96. The Morgan fingerprint density at radius 1 is 0.507 bits per heavy atom. The number of amides is 8. The molecule has 1 aromatic carbocycles. The number of rotatable bonds is 32. The normalized spacial score (nSPS) is 16.2. The van der Waals surface area contributed by atoms with E-state index in [1.54, 1.807) is 71.9 Å². The van der Waals surface area contributed by atoms with Crippen molar-refractivity contribution < 1.29 is 73.2 Å². The quantitative estimate of drug-likeness (QED) is 0.0398. The number of aliphatic hydroxyl groups is 1. The number of carboxylic acids is 3. The summed E-state index contributed by atoms with van der Waals surface area (Å²) >= 11 is 0. The van der Waals surface area contributed by atoms with Gasteiger partial charge in [0.05, 0.1) is 31.5 Å². The Hall–Kier alpha value is -6.69. The maximum atomic E-state index is 13.9. The van der Waals surface area contributed by atoms with Crippen molar-refractivity contribution in [3.05, 3.63) is 35.9 Å². The minimum atomic E-state index is -1.99. The van der Waals surface area contributed by atoms with Gasteiger partial charge in [-0.25, -0.2) is 4.79 Å². The van der Waals surface area contributed by atoms with Crippen LogP contribution in [0.2, 0.25) is 0 Å². The fourth-order valence-corrected chi connectivity index (χ4v) is 6.92. The summed E-state index contributed by atoms with van der Waals surface area (Å²) in [4.78, 5) is 143. The Kier molecular flexibility index (Phi) is 27.1. The summed E-state index contributed by atoms with van der Waals surface area (Å²) in [5.41, 5.74) is 6.69. The lowest BCUT2D eigenvalue weighted by molar-refractivity contribution is -0.143. The van der Waals surface area contributed by atoms with Crippen molar-refractivity contribution in [1.82, 2.24) is 42.5 Å². The van der Waals surface area contributed by atoms with E-state index < -0.39 is 151 Å². The van der Waals surface area contributed by atoms with Gasteiger partial charge in [0.2, 0.25) is 47.3 Å². The summed E-state index contributed by atoms with van der Waals surface area (Å²) in [7, 11) is 0. The van der Waals surface area contributed by atoms with Gasteiger partial charge in [-0.05, 0) is 42.6 Å². The molecule has 0 aromatic heterocycles. The Morgan fingerprint density at radius 2 is 0.930 bits per heavy atom. The number of hydrogen-bond acceptors (Lipinski definition) is 13. The Bertz CT molecular complexity index is 2000. The van der Waals surface area contributed by atoms with Crippen molar-refractivity contribution in [3.8, 4) is 0 Å². The zero-order chi connectivity index (χ0) is 54.3. The molecular weight excluding hydrogens is 931 g/mol. The number of carbonyl (C=O) groups excluding carboxylic acids is 8. The molecule has 12 atom stereocenters. The predicted molar refractivity (Wildman–Crippen MR) is 256 cm³/mol. The average molecular weight is 1010 g/mol. The highest BCUT2D eigenvalue weighted by atomic mass is 16.4. The third kappa shape index (κ3) is 21.9. The monoisotopic (exact) mass is 1010 g/mol. The van der Waals surface area contributed by atoms with E-state index in [9.17, 15) is 73.2 Å². The fourth-order valence-electron chi connectivity index (χ4n) is 6.92. The van der Waals surface area contributed by atoms with Gasteiger partial charge in [0, 0.05) is 6.42 Å². The zero-order valence-corrected chi connectivity index (χ0v) is 41.9. The van der Waals surface area contributed by atoms with Crippen LogP contribution in [0.25, 0.3) is 0 Å². The molecule has 0 bridgehead atoms. The van der Waals surface area contributed by atoms with E-state index in [-0.39, 0.29) is 31.1 Å². The molecule has 24 nitrogen and oxygen atoms in total. The molecule has 0 heterocycles. The SMILES string of the molecule is CC[C@H](C)[C@H](N)C(=O)N[C@@H](CC(C)C)C(=O)N[C@H](C(=O)N[C@H](C(=O)N[C@@H](CC(=O)O)C(=O)N[C@@H](CC(=O)O)C(=O)NCC(=O)N[C@H](C(=O)N[C@@H](Cc1ccccc1)C(=O)O)[C@@H](C)CC)[C@@H](C)CC)[C@@H](C)O. The maximum Gasteiger partial charge on any atom is 0.326 e. The molecule has 24 heteroatoms. The maximum absolute atomic E-state index is 13.9. The van der Waals surface area contributed by atoms with E-state index in [4.69, 9.17) is 5.73 Å². The summed E-state index contributed by atoms with van der Waals surface area (Å²) in [6.45, 7) is 14.0. The molecule has 71 heavy (non-hydrogen) atoms. The van der Waals surface area contributed by atoms with Gasteiger partial charge in [-0.1, -0.05) is 105 Å². The summed E-state index contributed by atoms with van der Waals surface area (Å²) in [5, 5.41) is 58.5. The van der Waals surface area contributed by atoms with E-state index in [0.717, 1.165) is 0 Å². The Labute approximate surface area is 413 Å². The van der Waals surface area contributed by atoms with Crippen LogP contribution in [0.4, 0.5) is 0 Å². The summed E-state index contributed by atoms with van der Waals surface area (Å²) < 4.78 is 0. The fraction of sp³-hybridized carbons (Fsp3) is 0.638. The molecule has 1 rings (SSSR count). The molecule has 0 aliphatic heterocycles. The number of benzene rings is 1. The molecule has 1 aromatic rings. The van der Waals surface area contributed by atoms with E-state index >= 15 is 0 Å². The standard InChI is InChI=1S/C47H75N9O15/c1-10-24(6)36(48)43(66)51-29(18-23(4)5)42(65)56-39(27(9)57)46(69)55-38(26(8)12-3)45(68)52-31(21-35(61)62)41(64)50-30(20-34(59)60)40(63)49-22-33(58)54-37(25(7)11-2)44(67)53-32(47(70)71)19-28-16-14-13-15-17-28/h13-17,23-27,29-32,36-39,57H,10-12,18-22,48H2,1-9H3,(H,49,63)(H,50,64)(H,51,66)(H,52,68)(H,53,67)(H,54,58)(H,55,69)(H,56,65)(H,59,60)(H,61,62)(H,70,71)/t24-,25-,26-,27+,29-,30-,31-,32-,36-,37-,38-,39-/m0/s1.